The number of hydrogen-bond acceptors (Lipinski definition) is 1. The Balaban J connectivity index is 2.38. The predicted molar refractivity (Wildman–Crippen MR) is 85.7 cm³/mol. The quantitative estimate of drug-likeness (QED) is 0.827. The number of rotatable bonds is 3. The minimum absolute atomic E-state index is 0.343. The summed E-state index contributed by atoms with van der Waals surface area (Å²) in [6.45, 7) is 10.7. The number of phenols is 1. The van der Waals surface area contributed by atoms with Crippen molar-refractivity contribution in [1.82, 2.24) is 0 Å². The molecular formula is C19H24O. The maximum absolute atomic E-state index is 9.92. The maximum Gasteiger partial charge on any atom is 0.119 e. The number of aryl methyl sites for hydroxylation is 3. The van der Waals surface area contributed by atoms with Crippen molar-refractivity contribution < 1.29 is 5.11 Å². The van der Waals surface area contributed by atoms with Crippen LogP contribution in [-0.4, -0.2) is 5.11 Å². The van der Waals surface area contributed by atoms with Gasteiger partial charge in [0.2, 0.25) is 0 Å². The summed E-state index contributed by atoms with van der Waals surface area (Å²) in [5.74, 6) is 0.747. The third-order valence-electron chi connectivity index (χ3n) is 3.94. The average Bonchev–Trinajstić information content (AvgIpc) is 2.35. The molecule has 2 rings (SSSR count). The summed E-state index contributed by atoms with van der Waals surface area (Å²) >= 11 is 0. The van der Waals surface area contributed by atoms with E-state index in [4.69, 9.17) is 0 Å². The SMILES string of the molecule is Cc1cc(C)c(Cc2ccc(O)c(C(C)C)c2)c(C)c1. The highest BCUT2D eigenvalue weighted by Crippen LogP contribution is 2.28. The first kappa shape index (κ1) is 14.6. The van der Waals surface area contributed by atoms with Crippen LogP contribution in [0.1, 0.15) is 53.1 Å². The van der Waals surface area contributed by atoms with Gasteiger partial charge in [-0.3, -0.25) is 0 Å². The zero-order valence-corrected chi connectivity index (χ0v) is 13.1. The summed E-state index contributed by atoms with van der Waals surface area (Å²) in [5, 5.41) is 9.92. The normalized spacial score (nSPS) is 11.1. The first-order chi connectivity index (χ1) is 9.38. The van der Waals surface area contributed by atoms with Crippen LogP contribution >= 0.6 is 0 Å². The lowest BCUT2D eigenvalue weighted by molar-refractivity contribution is 0.464. The van der Waals surface area contributed by atoms with Crippen molar-refractivity contribution >= 4 is 0 Å². The van der Waals surface area contributed by atoms with Crippen LogP contribution in [-0.2, 0) is 6.42 Å². The molecule has 106 valence electrons. The minimum atomic E-state index is 0.343. The Morgan fingerprint density at radius 2 is 1.55 bits per heavy atom. The van der Waals surface area contributed by atoms with Crippen LogP contribution < -0.4 is 0 Å². The Morgan fingerprint density at radius 1 is 0.950 bits per heavy atom. The third kappa shape index (κ3) is 3.04. The fourth-order valence-corrected chi connectivity index (χ4v) is 2.87. The van der Waals surface area contributed by atoms with Gasteiger partial charge in [-0.2, -0.15) is 0 Å². The number of benzene rings is 2. The molecule has 0 bridgehead atoms. The molecule has 1 N–H and O–H groups in total. The van der Waals surface area contributed by atoms with Gasteiger partial charge in [0.05, 0.1) is 0 Å². The fourth-order valence-electron chi connectivity index (χ4n) is 2.87. The Bertz CT molecular complexity index is 601. The largest absolute Gasteiger partial charge is 0.508 e. The summed E-state index contributed by atoms with van der Waals surface area (Å²) in [5.41, 5.74) is 7.71. The van der Waals surface area contributed by atoms with E-state index in [0.29, 0.717) is 11.7 Å². The Labute approximate surface area is 122 Å². The zero-order valence-electron chi connectivity index (χ0n) is 13.1. The van der Waals surface area contributed by atoms with Crippen molar-refractivity contribution in [2.75, 3.05) is 0 Å². The summed E-state index contributed by atoms with van der Waals surface area (Å²) in [6, 6.07) is 10.5. The van der Waals surface area contributed by atoms with Crippen LogP contribution in [0.2, 0.25) is 0 Å². The van der Waals surface area contributed by atoms with E-state index in [1.54, 1.807) is 0 Å². The van der Waals surface area contributed by atoms with E-state index < -0.39 is 0 Å². The van der Waals surface area contributed by atoms with E-state index in [1.165, 1.54) is 27.8 Å². The summed E-state index contributed by atoms with van der Waals surface area (Å²) < 4.78 is 0. The molecule has 0 aromatic heterocycles. The molecule has 1 nitrogen and oxygen atoms in total. The smallest absolute Gasteiger partial charge is 0.119 e. The van der Waals surface area contributed by atoms with Crippen molar-refractivity contribution in [3.05, 3.63) is 63.7 Å². The highest BCUT2D eigenvalue weighted by Gasteiger charge is 2.09. The molecule has 0 aliphatic heterocycles. The van der Waals surface area contributed by atoms with Gasteiger partial charge in [0.15, 0.2) is 0 Å². The van der Waals surface area contributed by atoms with E-state index in [2.05, 4.69) is 52.8 Å². The second kappa shape index (κ2) is 5.70. The second-order valence-electron chi connectivity index (χ2n) is 6.10. The van der Waals surface area contributed by atoms with Gasteiger partial charge >= 0.3 is 0 Å². The second-order valence-corrected chi connectivity index (χ2v) is 6.10. The van der Waals surface area contributed by atoms with Crippen molar-refractivity contribution in [2.45, 2.75) is 47.0 Å². The fraction of sp³-hybridized carbons (Fsp3) is 0.368. The number of phenolic OH excluding ortho intramolecular Hbond substituents is 1. The molecule has 20 heavy (non-hydrogen) atoms. The topological polar surface area (TPSA) is 20.2 Å². The molecule has 0 aliphatic rings. The van der Waals surface area contributed by atoms with Gasteiger partial charge in [-0.1, -0.05) is 43.7 Å². The van der Waals surface area contributed by atoms with Crippen molar-refractivity contribution in [3.8, 4) is 5.75 Å². The molecule has 0 unspecified atom stereocenters. The molecule has 0 amide bonds. The van der Waals surface area contributed by atoms with Crippen LogP contribution in [0.15, 0.2) is 30.3 Å². The maximum atomic E-state index is 9.92. The molecule has 0 aliphatic carbocycles. The zero-order chi connectivity index (χ0) is 14.9. The Morgan fingerprint density at radius 3 is 2.10 bits per heavy atom. The van der Waals surface area contributed by atoms with E-state index in [1.807, 2.05) is 12.1 Å². The molecule has 0 spiro atoms. The average molecular weight is 268 g/mol. The Hall–Kier alpha value is -1.76. The first-order valence-corrected chi connectivity index (χ1v) is 7.27. The number of hydrogen-bond donors (Lipinski definition) is 1. The van der Waals surface area contributed by atoms with Gasteiger partial charge in [0, 0.05) is 0 Å². The summed E-state index contributed by atoms with van der Waals surface area (Å²) in [7, 11) is 0. The van der Waals surface area contributed by atoms with E-state index in [9.17, 15) is 5.11 Å². The first-order valence-electron chi connectivity index (χ1n) is 7.27. The molecule has 0 saturated heterocycles. The van der Waals surface area contributed by atoms with Gasteiger partial charge in [-0.25, -0.2) is 0 Å². The third-order valence-corrected chi connectivity index (χ3v) is 3.94. The molecular weight excluding hydrogens is 244 g/mol. The lowest BCUT2D eigenvalue weighted by Gasteiger charge is -2.14. The van der Waals surface area contributed by atoms with Gasteiger partial charge in [0.25, 0.3) is 0 Å². The van der Waals surface area contributed by atoms with Crippen LogP contribution in [0.3, 0.4) is 0 Å². The predicted octanol–water partition coefficient (Wildman–Crippen LogP) is 5.03. The van der Waals surface area contributed by atoms with Gasteiger partial charge in [0.1, 0.15) is 5.75 Å². The van der Waals surface area contributed by atoms with E-state index >= 15 is 0 Å². The molecule has 0 fully saturated rings. The van der Waals surface area contributed by atoms with Crippen molar-refractivity contribution in [1.29, 1.82) is 0 Å². The van der Waals surface area contributed by atoms with Gasteiger partial charge in [-0.05, 0) is 67.0 Å². The van der Waals surface area contributed by atoms with Gasteiger partial charge in [-0.15, -0.1) is 0 Å². The highest BCUT2D eigenvalue weighted by molar-refractivity contribution is 5.44. The molecule has 2 aromatic carbocycles. The molecule has 1 heteroatoms. The molecule has 2 aromatic rings. The monoisotopic (exact) mass is 268 g/mol. The molecule has 0 radical (unpaired) electrons. The van der Waals surface area contributed by atoms with Crippen LogP contribution in [0.4, 0.5) is 0 Å². The minimum Gasteiger partial charge on any atom is -0.508 e. The number of aromatic hydroxyl groups is 1. The lowest BCUT2D eigenvalue weighted by atomic mass is 9.92. The molecule has 0 heterocycles. The van der Waals surface area contributed by atoms with Crippen LogP contribution in [0, 0.1) is 20.8 Å². The summed E-state index contributed by atoms with van der Waals surface area (Å²) in [4.78, 5) is 0. The van der Waals surface area contributed by atoms with Gasteiger partial charge < -0.3 is 5.11 Å². The lowest BCUT2D eigenvalue weighted by Crippen LogP contribution is -1.98. The highest BCUT2D eigenvalue weighted by atomic mass is 16.3. The van der Waals surface area contributed by atoms with Crippen molar-refractivity contribution in [3.63, 3.8) is 0 Å². The van der Waals surface area contributed by atoms with Crippen molar-refractivity contribution in [2.24, 2.45) is 0 Å². The van der Waals surface area contributed by atoms with E-state index in [0.717, 1.165) is 12.0 Å². The van der Waals surface area contributed by atoms with E-state index in [-0.39, 0.29) is 0 Å². The van der Waals surface area contributed by atoms with Crippen LogP contribution in [0.25, 0.3) is 0 Å². The summed E-state index contributed by atoms with van der Waals surface area (Å²) in [6.07, 6.45) is 0.929. The van der Waals surface area contributed by atoms with Crippen LogP contribution in [0.5, 0.6) is 5.75 Å². The Kier molecular flexibility index (Phi) is 4.17. The molecule has 0 saturated carbocycles. The standard InChI is InChI=1S/C19H24O/c1-12(2)17-10-16(6-7-19(17)20)11-18-14(4)8-13(3)9-15(18)5/h6-10,12,20H,11H2,1-5H3. The molecule has 0 atom stereocenters.